The molecule has 1 atom stereocenters. The average molecular weight is 261 g/mol. The van der Waals surface area contributed by atoms with Crippen LogP contribution in [0.3, 0.4) is 0 Å². The topological polar surface area (TPSA) is 72.6 Å². The summed E-state index contributed by atoms with van der Waals surface area (Å²) in [6, 6.07) is 10.1. The van der Waals surface area contributed by atoms with Gasteiger partial charge in [-0.05, 0) is 12.1 Å². The SMILES string of the molecule is CC(CO)COc1ccc([N+](=O)[O-])c2ccccc12. The number of benzene rings is 2. The molecule has 5 heteroatoms. The van der Waals surface area contributed by atoms with E-state index >= 15 is 0 Å². The number of aliphatic hydroxyl groups excluding tert-OH is 1. The molecular weight excluding hydrogens is 246 g/mol. The van der Waals surface area contributed by atoms with Gasteiger partial charge in [0.25, 0.3) is 5.69 Å². The highest BCUT2D eigenvalue weighted by Gasteiger charge is 2.14. The fraction of sp³-hybridized carbons (Fsp3) is 0.286. The second kappa shape index (κ2) is 5.67. The first-order chi connectivity index (χ1) is 9.13. The third-order valence-electron chi connectivity index (χ3n) is 2.89. The van der Waals surface area contributed by atoms with Crippen LogP contribution in [0.15, 0.2) is 36.4 Å². The number of hydrogen-bond donors (Lipinski definition) is 1. The van der Waals surface area contributed by atoms with Crippen molar-refractivity contribution in [3.63, 3.8) is 0 Å². The quantitative estimate of drug-likeness (QED) is 0.663. The Morgan fingerprint density at radius 3 is 2.58 bits per heavy atom. The largest absolute Gasteiger partial charge is 0.493 e. The van der Waals surface area contributed by atoms with Crippen molar-refractivity contribution in [1.29, 1.82) is 0 Å². The molecule has 0 bridgehead atoms. The molecule has 0 aliphatic carbocycles. The molecule has 2 rings (SSSR count). The molecule has 0 saturated heterocycles. The summed E-state index contributed by atoms with van der Waals surface area (Å²) in [4.78, 5) is 10.6. The minimum atomic E-state index is -0.400. The van der Waals surface area contributed by atoms with Gasteiger partial charge in [0.05, 0.1) is 16.9 Å². The van der Waals surface area contributed by atoms with Crippen molar-refractivity contribution in [2.75, 3.05) is 13.2 Å². The first kappa shape index (κ1) is 13.3. The second-order valence-corrected chi connectivity index (χ2v) is 4.48. The fourth-order valence-electron chi connectivity index (χ4n) is 1.83. The zero-order valence-electron chi connectivity index (χ0n) is 10.6. The smallest absolute Gasteiger partial charge is 0.277 e. The summed E-state index contributed by atoms with van der Waals surface area (Å²) in [7, 11) is 0. The molecule has 0 aliphatic rings. The molecule has 2 aromatic carbocycles. The van der Waals surface area contributed by atoms with E-state index in [4.69, 9.17) is 9.84 Å². The maximum absolute atomic E-state index is 11.0. The number of nitrogens with zero attached hydrogens (tertiary/aromatic N) is 1. The zero-order chi connectivity index (χ0) is 13.8. The van der Waals surface area contributed by atoms with Crippen molar-refractivity contribution in [2.45, 2.75) is 6.92 Å². The Labute approximate surface area is 110 Å². The Balaban J connectivity index is 2.41. The molecule has 0 amide bonds. The van der Waals surface area contributed by atoms with E-state index in [9.17, 15) is 10.1 Å². The molecule has 19 heavy (non-hydrogen) atoms. The number of fused-ring (bicyclic) bond motifs is 1. The van der Waals surface area contributed by atoms with Gasteiger partial charge in [0.2, 0.25) is 0 Å². The summed E-state index contributed by atoms with van der Waals surface area (Å²) >= 11 is 0. The molecule has 0 heterocycles. The first-order valence-corrected chi connectivity index (χ1v) is 6.03. The van der Waals surface area contributed by atoms with E-state index in [1.54, 1.807) is 24.3 Å². The average Bonchev–Trinajstić information content (AvgIpc) is 2.43. The third-order valence-corrected chi connectivity index (χ3v) is 2.89. The summed E-state index contributed by atoms with van der Waals surface area (Å²) in [5.74, 6) is 0.621. The molecule has 1 unspecified atom stereocenters. The van der Waals surface area contributed by atoms with Crippen LogP contribution >= 0.6 is 0 Å². The maximum atomic E-state index is 11.0. The van der Waals surface area contributed by atoms with Crippen LogP contribution in [0.4, 0.5) is 5.69 Å². The molecule has 0 fully saturated rings. The van der Waals surface area contributed by atoms with Gasteiger partial charge in [0.1, 0.15) is 5.75 Å². The van der Waals surface area contributed by atoms with E-state index in [0.29, 0.717) is 23.1 Å². The summed E-state index contributed by atoms with van der Waals surface area (Å²) in [5, 5.41) is 21.2. The van der Waals surface area contributed by atoms with Crippen molar-refractivity contribution >= 4 is 16.5 Å². The summed E-state index contributed by atoms with van der Waals surface area (Å²) < 4.78 is 5.62. The highest BCUT2D eigenvalue weighted by molar-refractivity contribution is 5.95. The monoisotopic (exact) mass is 261 g/mol. The molecule has 0 aliphatic heterocycles. The molecule has 2 aromatic rings. The summed E-state index contributed by atoms with van der Waals surface area (Å²) in [6.45, 7) is 2.29. The standard InChI is InChI=1S/C14H15NO4/c1-10(8-16)9-19-14-7-6-13(15(17)18)11-4-2-3-5-12(11)14/h2-7,10,16H,8-9H2,1H3. The van der Waals surface area contributed by atoms with Gasteiger partial charge in [-0.1, -0.05) is 25.1 Å². The lowest BCUT2D eigenvalue weighted by molar-refractivity contribution is -0.383. The third kappa shape index (κ3) is 2.82. The van der Waals surface area contributed by atoms with Crippen molar-refractivity contribution < 1.29 is 14.8 Å². The minimum Gasteiger partial charge on any atom is -0.493 e. The number of nitro benzene ring substituents is 1. The number of rotatable bonds is 5. The predicted molar refractivity (Wildman–Crippen MR) is 72.3 cm³/mol. The zero-order valence-corrected chi connectivity index (χ0v) is 10.6. The lowest BCUT2D eigenvalue weighted by atomic mass is 10.1. The molecule has 1 N–H and O–H groups in total. The number of ether oxygens (including phenoxy) is 1. The van der Waals surface area contributed by atoms with Crippen LogP contribution in [0.5, 0.6) is 5.75 Å². The number of aliphatic hydroxyl groups is 1. The second-order valence-electron chi connectivity index (χ2n) is 4.48. The van der Waals surface area contributed by atoms with Gasteiger partial charge < -0.3 is 9.84 Å². The van der Waals surface area contributed by atoms with Crippen molar-refractivity contribution in [3.05, 3.63) is 46.5 Å². The van der Waals surface area contributed by atoms with Gasteiger partial charge in [-0.15, -0.1) is 0 Å². The molecule has 0 radical (unpaired) electrons. The molecule has 5 nitrogen and oxygen atoms in total. The highest BCUT2D eigenvalue weighted by Crippen LogP contribution is 2.32. The van der Waals surface area contributed by atoms with Gasteiger partial charge in [-0.25, -0.2) is 0 Å². The van der Waals surface area contributed by atoms with Crippen molar-refractivity contribution in [1.82, 2.24) is 0 Å². The van der Waals surface area contributed by atoms with Crippen LogP contribution in [0, 0.1) is 16.0 Å². The number of non-ortho nitro benzene ring substituents is 1. The lowest BCUT2D eigenvalue weighted by Gasteiger charge is -2.12. The van der Waals surface area contributed by atoms with E-state index in [-0.39, 0.29) is 18.2 Å². The minimum absolute atomic E-state index is 0.0222. The van der Waals surface area contributed by atoms with E-state index in [1.165, 1.54) is 6.07 Å². The van der Waals surface area contributed by atoms with Gasteiger partial charge >= 0.3 is 0 Å². The first-order valence-electron chi connectivity index (χ1n) is 6.03. The van der Waals surface area contributed by atoms with E-state index < -0.39 is 4.92 Å². The summed E-state index contributed by atoms with van der Waals surface area (Å²) in [6.07, 6.45) is 0. The Morgan fingerprint density at radius 1 is 1.26 bits per heavy atom. The lowest BCUT2D eigenvalue weighted by Crippen LogP contribution is -2.12. The van der Waals surface area contributed by atoms with Gasteiger partial charge in [-0.3, -0.25) is 10.1 Å². The van der Waals surface area contributed by atoms with E-state index in [0.717, 1.165) is 0 Å². The normalized spacial score (nSPS) is 12.3. The maximum Gasteiger partial charge on any atom is 0.277 e. The van der Waals surface area contributed by atoms with Crippen LogP contribution in [-0.4, -0.2) is 23.2 Å². The Hall–Kier alpha value is -2.14. The predicted octanol–water partition coefficient (Wildman–Crippen LogP) is 2.76. The molecule has 0 spiro atoms. The highest BCUT2D eigenvalue weighted by atomic mass is 16.6. The van der Waals surface area contributed by atoms with Crippen LogP contribution in [0.1, 0.15) is 6.92 Å². The van der Waals surface area contributed by atoms with Crippen molar-refractivity contribution in [3.8, 4) is 5.75 Å². The molecular formula is C14H15NO4. The van der Waals surface area contributed by atoms with Gasteiger partial charge in [0, 0.05) is 24.0 Å². The van der Waals surface area contributed by atoms with E-state index in [1.807, 2.05) is 13.0 Å². The van der Waals surface area contributed by atoms with Crippen LogP contribution in [0.25, 0.3) is 10.8 Å². The van der Waals surface area contributed by atoms with Crippen LogP contribution < -0.4 is 4.74 Å². The Morgan fingerprint density at radius 2 is 1.95 bits per heavy atom. The van der Waals surface area contributed by atoms with Gasteiger partial charge in [0.15, 0.2) is 0 Å². The van der Waals surface area contributed by atoms with Crippen LogP contribution in [0.2, 0.25) is 0 Å². The van der Waals surface area contributed by atoms with Gasteiger partial charge in [-0.2, -0.15) is 0 Å². The fourth-order valence-corrected chi connectivity index (χ4v) is 1.83. The molecule has 100 valence electrons. The molecule has 0 saturated carbocycles. The van der Waals surface area contributed by atoms with E-state index in [2.05, 4.69) is 0 Å². The van der Waals surface area contributed by atoms with Crippen molar-refractivity contribution in [2.24, 2.45) is 5.92 Å². The Bertz CT molecular complexity index is 597. The number of hydrogen-bond acceptors (Lipinski definition) is 4. The number of nitro groups is 1. The Kier molecular flexibility index (Phi) is 3.97. The molecule has 0 aromatic heterocycles. The summed E-state index contributed by atoms with van der Waals surface area (Å²) in [5.41, 5.74) is 0.0677. The van der Waals surface area contributed by atoms with Crippen LogP contribution in [-0.2, 0) is 0 Å².